The van der Waals surface area contributed by atoms with Crippen molar-refractivity contribution in [2.45, 2.75) is 6.04 Å². The van der Waals surface area contributed by atoms with Crippen LogP contribution in [0.4, 0.5) is 5.69 Å². The van der Waals surface area contributed by atoms with Gasteiger partial charge in [0.2, 0.25) is 0 Å². The van der Waals surface area contributed by atoms with E-state index in [2.05, 4.69) is 4.98 Å². The van der Waals surface area contributed by atoms with Gasteiger partial charge in [-0.1, -0.05) is 0 Å². The fourth-order valence-electron chi connectivity index (χ4n) is 3.09. The van der Waals surface area contributed by atoms with Gasteiger partial charge in [-0.05, 0) is 29.8 Å². The second-order valence-electron chi connectivity index (χ2n) is 6.07. The molecule has 1 saturated heterocycles. The number of carbonyl (C=O) groups is 2. The Morgan fingerprint density at radius 1 is 1.21 bits per heavy atom. The topological polar surface area (TPSA) is 123 Å². The van der Waals surface area contributed by atoms with Gasteiger partial charge in [-0.3, -0.25) is 24.7 Å². The summed E-state index contributed by atoms with van der Waals surface area (Å²) in [5.41, 5.74) is 0.607. The summed E-state index contributed by atoms with van der Waals surface area (Å²) in [6, 6.07) is 7.67. The molecule has 0 spiro atoms. The van der Waals surface area contributed by atoms with Crippen LogP contribution in [0.15, 0.2) is 54.4 Å². The predicted molar refractivity (Wildman–Crippen MR) is 98.2 cm³/mol. The van der Waals surface area contributed by atoms with E-state index in [9.17, 15) is 24.8 Å². The molecule has 0 aliphatic carbocycles. The maximum Gasteiger partial charge on any atom is 0.295 e. The van der Waals surface area contributed by atoms with E-state index in [4.69, 9.17) is 4.74 Å². The number of non-ortho nitro benzene ring substituents is 1. The number of aliphatic hydroxyl groups excluding tert-OH is 1. The van der Waals surface area contributed by atoms with Crippen LogP contribution >= 0.6 is 0 Å². The van der Waals surface area contributed by atoms with E-state index in [1.54, 1.807) is 0 Å². The fourth-order valence-corrected chi connectivity index (χ4v) is 3.09. The number of pyridine rings is 1. The quantitative estimate of drug-likeness (QED) is 0.266. The molecule has 9 nitrogen and oxygen atoms in total. The van der Waals surface area contributed by atoms with Crippen LogP contribution in [-0.4, -0.2) is 51.9 Å². The number of Topliss-reactive ketones (excluding diaryl/α,β-unsaturated/α-hetero) is 1. The molecule has 1 atom stereocenters. The molecular weight excluding hydrogens is 366 g/mol. The van der Waals surface area contributed by atoms with Crippen LogP contribution in [0.3, 0.4) is 0 Å². The number of aliphatic hydroxyl groups is 1. The van der Waals surface area contributed by atoms with Crippen molar-refractivity contribution in [3.63, 3.8) is 0 Å². The Balaban J connectivity index is 2.14. The highest BCUT2D eigenvalue weighted by molar-refractivity contribution is 6.46. The van der Waals surface area contributed by atoms with Gasteiger partial charge in [-0.2, -0.15) is 0 Å². The fraction of sp³-hybridized carbons (Fsp3) is 0.211. The minimum Gasteiger partial charge on any atom is -0.507 e. The minimum atomic E-state index is -0.885. The molecule has 0 saturated carbocycles. The zero-order valence-electron chi connectivity index (χ0n) is 14.9. The van der Waals surface area contributed by atoms with Gasteiger partial charge in [0.25, 0.3) is 17.4 Å². The number of carbonyl (C=O) groups excluding carboxylic acids is 2. The molecule has 9 heteroatoms. The summed E-state index contributed by atoms with van der Waals surface area (Å²) >= 11 is 0. The third-order valence-electron chi connectivity index (χ3n) is 4.45. The number of amides is 1. The molecule has 3 rings (SSSR count). The first-order chi connectivity index (χ1) is 13.5. The molecule has 1 unspecified atom stereocenters. The van der Waals surface area contributed by atoms with E-state index in [-0.39, 0.29) is 30.2 Å². The van der Waals surface area contributed by atoms with Gasteiger partial charge in [0.1, 0.15) is 5.76 Å². The largest absolute Gasteiger partial charge is 0.507 e. The van der Waals surface area contributed by atoms with Gasteiger partial charge in [0, 0.05) is 43.7 Å². The highest BCUT2D eigenvalue weighted by Crippen LogP contribution is 2.39. The number of aromatic nitrogens is 1. The second kappa shape index (κ2) is 7.97. The van der Waals surface area contributed by atoms with E-state index < -0.39 is 22.7 Å². The minimum absolute atomic E-state index is 0.0823. The summed E-state index contributed by atoms with van der Waals surface area (Å²) < 4.78 is 5.02. The summed E-state index contributed by atoms with van der Waals surface area (Å²) in [7, 11) is 1.47. The maximum absolute atomic E-state index is 12.7. The molecule has 1 aliphatic heterocycles. The van der Waals surface area contributed by atoms with Crippen molar-refractivity contribution < 1.29 is 24.4 Å². The lowest BCUT2D eigenvalue weighted by Crippen LogP contribution is -2.32. The van der Waals surface area contributed by atoms with Gasteiger partial charge in [0.15, 0.2) is 0 Å². The first-order valence-electron chi connectivity index (χ1n) is 8.37. The Labute approximate surface area is 160 Å². The summed E-state index contributed by atoms with van der Waals surface area (Å²) in [6.07, 6.45) is 2.91. The van der Waals surface area contributed by atoms with Crippen molar-refractivity contribution >= 4 is 23.1 Å². The number of nitro benzene ring substituents is 1. The average Bonchev–Trinajstić information content (AvgIpc) is 2.97. The molecule has 1 aromatic carbocycles. The first-order valence-corrected chi connectivity index (χ1v) is 8.37. The number of hydrogen-bond acceptors (Lipinski definition) is 7. The molecule has 2 aromatic rings. The zero-order valence-corrected chi connectivity index (χ0v) is 14.9. The Kier molecular flexibility index (Phi) is 5.46. The lowest BCUT2D eigenvalue weighted by atomic mass is 9.95. The van der Waals surface area contributed by atoms with Crippen molar-refractivity contribution in [3.8, 4) is 0 Å². The lowest BCUT2D eigenvalue weighted by Gasteiger charge is -2.25. The van der Waals surface area contributed by atoms with Gasteiger partial charge in [-0.15, -0.1) is 0 Å². The van der Waals surface area contributed by atoms with E-state index >= 15 is 0 Å². The smallest absolute Gasteiger partial charge is 0.295 e. The molecule has 0 bridgehead atoms. The molecular formula is C19H17N3O6. The molecule has 1 aromatic heterocycles. The zero-order chi connectivity index (χ0) is 20.3. The van der Waals surface area contributed by atoms with Gasteiger partial charge < -0.3 is 14.7 Å². The van der Waals surface area contributed by atoms with Crippen LogP contribution in [0.1, 0.15) is 17.2 Å². The molecule has 1 fully saturated rings. The Morgan fingerprint density at radius 2 is 1.86 bits per heavy atom. The number of nitro groups is 1. The van der Waals surface area contributed by atoms with E-state index in [1.807, 2.05) is 0 Å². The van der Waals surface area contributed by atoms with Crippen LogP contribution < -0.4 is 0 Å². The van der Waals surface area contributed by atoms with E-state index in [1.165, 1.54) is 60.8 Å². The number of rotatable bonds is 6. The highest BCUT2D eigenvalue weighted by atomic mass is 16.6. The molecule has 2 heterocycles. The molecule has 28 heavy (non-hydrogen) atoms. The summed E-state index contributed by atoms with van der Waals surface area (Å²) in [6.45, 7) is 0.307. The van der Waals surface area contributed by atoms with Crippen molar-refractivity contribution in [2.24, 2.45) is 0 Å². The van der Waals surface area contributed by atoms with Crippen LogP contribution in [0.25, 0.3) is 5.76 Å². The highest BCUT2D eigenvalue weighted by Gasteiger charge is 2.45. The Morgan fingerprint density at radius 3 is 2.43 bits per heavy atom. The number of ketones is 1. The number of likely N-dealkylation sites (tertiary alicyclic amines) is 1. The maximum atomic E-state index is 12.7. The lowest BCUT2D eigenvalue weighted by molar-refractivity contribution is -0.384. The third kappa shape index (κ3) is 3.47. The normalized spacial score (nSPS) is 18.5. The van der Waals surface area contributed by atoms with E-state index in [0.717, 1.165) is 0 Å². The van der Waals surface area contributed by atoms with Crippen LogP contribution in [-0.2, 0) is 14.3 Å². The number of hydrogen-bond donors (Lipinski definition) is 1. The molecule has 0 radical (unpaired) electrons. The third-order valence-corrected chi connectivity index (χ3v) is 4.45. The van der Waals surface area contributed by atoms with Crippen LogP contribution in [0.2, 0.25) is 0 Å². The van der Waals surface area contributed by atoms with Crippen LogP contribution in [0, 0.1) is 10.1 Å². The second-order valence-corrected chi connectivity index (χ2v) is 6.07. The molecule has 1 aliphatic rings. The Hall–Kier alpha value is -3.59. The van der Waals surface area contributed by atoms with E-state index in [0.29, 0.717) is 11.1 Å². The van der Waals surface area contributed by atoms with Crippen molar-refractivity contribution in [1.82, 2.24) is 9.88 Å². The average molecular weight is 383 g/mol. The van der Waals surface area contributed by atoms with Crippen LogP contribution in [0.5, 0.6) is 0 Å². The van der Waals surface area contributed by atoms with Gasteiger partial charge in [-0.25, -0.2) is 0 Å². The number of benzene rings is 1. The summed E-state index contributed by atoms with van der Waals surface area (Å²) in [5.74, 6) is -1.92. The van der Waals surface area contributed by atoms with Crippen molar-refractivity contribution in [2.75, 3.05) is 20.3 Å². The number of nitrogens with zero attached hydrogens (tertiary/aromatic N) is 3. The van der Waals surface area contributed by atoms with Gasteiger partial charge >= 0.3 is 0 Å². The molecule has 1 N–H and O–H groups in total. The van der Waals surface area contributed by atoms with Crippen molar-refractivity contribution in [1.29, 1.82) is 0 Å². The Bertz CT molecular complexity index is 940. The standard InChI is InChI=1S/C19H17N3O6/c1-28-11-10-21-16(12-2-4-14(5-3-12)22(26)27)15(18(24)19(21)25)17(23)13-6-8-20-9-7-13/h2-9,16,23H,10-11H2,1H3/b17-15+. The predicted octanol–water partition coefficient (Wildman–Crippen LogP) is 2.06. The van der Waals surface area contributed by atoms with Gasteiger partial charge in [0.05, 0.1) is 23.1 Å². The molecule has 1 amide bonds. The molecule has 144 valence electrons. The van der Waals surface area contributed by atoms with Crippen molar-refractivity contribution in [3.05, 3.63) is 75.6 Å². The summed E-state index contributed by atoms with van der Waals surface area (Å²) in [5, 5.41) is 21.7. The number of ether oxygens (including phenoxy) is 1. The number of methoxy groups -OCH3 is 1. The monoisotopic (exact) mass is 383 g/mol. The SMILES string of the molecule is COCCN1C(=O)C(=O)/C(=C(/O)c2ccncc2)C1c1ccc([N+](=O)[O-])cc1. The summed E-state index contributed by atoms with van der Waals surface area (Å²) in [4.78, 5) is 40.8. The first kappa shape index (κ1) is 19.2.